The summed E-state index contributed by atoms with van der Waals surface area (Å²) in [5.41, 5.74) is 1.19. The van der Waals surface area contributed by atoms with Crippen LogP contribution in [0.4, 0.5) is 4.39 Å². The van der Waals surface area contributed by atoms with Crippen LogP contribution >= 0.6 is 0 Å². The van der Waals surface area contributed by atoms with Gasteiger partial charge in [-0.2, -0.15) is 0 Å². The van der Waals surface area contributed by atoms with Gasteiger partial charge >= 0.3 is 0 Å². The van der Waals surface area contributed by atoms with Crippen LogP contribution < -0.4 is 4.74 Å². The maximum atomic E-state index is 13.0. The van der Waals surface area contributed by atoms with Gasteiger partial charge in [0, 0.05) is 13.1 Å². The summed E-state index contributed by atoms with van der Waals surface area (Å²) >= 11 is 0. The summed E-state index contributed by atoms with van der Waals surface area (Å²) in [6, 6.07) is 12.3. The van der Waals surface area contributed by atoms with E-state index in [4.69, 9.17) is 4.74 Å². The molecule has 27 heavy (non-hydrogen) atoms. The number of hydrogen-bond donors (Lipinski definition) is 0. The number of sulfone groups is 1. The van der Waals surface area contributed by atoms with Gasteiger partial charge in [-0.1, -0.05) is 26.0 Å². The monoisotopic (exact) mass is 391 g/mol. The molecule has 1 fully saturated rings. The highest BCUT2D eigenvalue weighted by Crippen LogP contribution is 2.24. The van der Waals surface area contributed by atoms with E-state index in [1.165, 1.54) is 22.6 Å². The van der Waals surface area contributed by atoms with Crippen LogP contribution in [0, 0.1) is 5.82 Å². The van der Waals surface area contributed by atoms with Gasteiger partial charge in [-0.25, -0.2) is 12.8 Å². The van der Waals surface area contributed by atoms with Crippen LogP contribution in [-0.2, 0) is 14.6 Å². The average Bonchev–Trinajstić information content (AvgIpc) is 2.59. The van der Waals surface area contributed by atoms with Gasteiger partial charge in [0.15, 0.2) is 16.4 Å². The van der Waals surface area contributed by atoms with Gasteiger partial charge in [0.05, 0.1) is 4.90 Å². The summed E-state index contributed by atoms with van der Waals surface area (Å²) in [5.74, 6) is 0.275. The molecule has 0 unspecified atom stereocenters. The number of carbonyl (C=O) groups excluding carboxylic acids is 1. The van der Waals surface area contributed by atoms with E-state index in [2.05, 4.69) is 13.8 Å². The average molecular weight is 391 g/mol. The molecule has 144 valence electrons. The van der Waals surface area contributed by atoms with E-state index in [0.717, 1.165) is 12.1 Å². The SMILES string of the molecule is CC(C)c1ccc(OCC(=O)N2CC(S(=O)(=O)c3ccc(F)cc3)C2)cc1. The summed E-state index contributed by atoms with van der Waals surface area (Å²) in [5, 5.41) is -0.669. The van der Waals surface area contributed by atoms with Gasteiger partial charge in [0.1, 0.15) is 16.8 Å². The van der Waals surface area contributed by atoms with Crippen molar-refractivity contribution in [1.82, 2.24) is 4.90 Å². The predicted octanol–water partition coefficient (Wildman–Crippen LogP) is 3.01. The third-order valence-corrected chi connectivity index (χ3v) is 6.80. The Morgan fingerprint density at radius 2 is 1.70 bits per heavy atom. The minimum Gasteiger partial charge on any atom is -0.484 e. The number of amides is 1. The Labute approximate surface area is 158 Å². The topological polar surface area (TPSA) is 63.7 Å². The third kappa shape index (κ3) is 4.30. The Morgan fingerprint density at radius 1 is 1.11 bits per heavy atom. The Kier molecular flexibility index (Phi) is 5.51. The predicted molar refractivity (Wildman–Crippen MR) is 100.0 cm³/mol. The molecule has 0 atom stereocenters. The molecule has 0 N–H and O–H groups in total. The summed E-state index contributed by atoms with van der Waals surface area (Å²) in [6.07, 6.45) is 0. The van der Waals surface area contributed by atoms with Crippen LogP contribution in [0.1, 0.15) is 25.3 Å². The van der Waals surface area contributed by atoms with Crippen molar-refractivity contribution >= 4 is 15.7 Å². The number of benzene rings is 2. The second kappa shape index (κ2) is 7.68. The first-order chi connectivity index (χ1) is 12.8. The number of carbonyl (C=O) groups is 1. The van der Waals surface area contributed by atoms with E-state index in [0.29, 0.717) is 11.7 Å². The van der Waals surface area contributed by atoms with E-state index in [1.807, 2.05) is 24.3 Å². The molecule has 0 radical (unpaired) electrons. The smallest absolute Gasteiger partial charge is 0.260 e. The molecule has 1 aliphatic heterocycles. The van der Waals surface area contributed by atoms with Crippen LogP contribution in [0.25, 0.3) is 0 Å². The molecule has 1 saturated heterocycles. The van der Waals surface area contributed by atoms with Crippen molar-refractivity contribution in [2.45, 2.75) is 29.9 Å². The highest BCUT2D eigenvalue weighted by atomic mass is 32.2. The quantitative estimate of drug-likeness (QED) is 0.710. The van der Waals surface area contributed by atoms with Crippen molar-refractivity contribution in [2.24, 2.45) is 0 Å². The second-order valence-electron chi connectivity index (χ2n) is 6.93. The lowest BCUT2D eigenvalue weighted by molar-refractivity contribution is -0.136. The van der Waals surface area contributed by atoms with Gasteiger partial charge in [-0.3, -0.25) is 4.79 Å². The molecular formula is C20H22FNO4S. The fourth-order valence-corrected chi connectivity index (χ4v) is 4.49. The summed E-state index contributed by atoms with van der Waals surface area (Å²) in [4.78, 5) is 13.7. The van der Waals surface area contributed by atoms with E-state index in [-0.39, 0.29) is 30.5 Å². The lowest BCUT2D eigenvalue weighted by Crippen LogP contribution is -2.57. The number of ether oxygens (including phenoxy) is 1. The molecular weight excluding hydrogens is 369 g/mol. The first-order valence-corrected chi connectivity index (χ1v) is 10.3. The van der Waals surface area contributed by atoms with Crippen molar-refractivity contribution in [3.05, 3.63) is 59.9 Å². The van der Waals surface area contributed by atoms with E-state index < -0.39 is 20.9 Å². The minimum atomic E-state index is -3.57. The Morgan fingerprint density at radius 3 is 2.26 bits per heavy atom. The Bertz CT molecular complexity index is 902. The van der Waals surface area contributed by atoms with Gasteiger partial charge in [0.25, 0.3) is 5.91 Å². The highest BCUT2D eigenvalue weighted by Gasteiger charge is 2.40. The van der Waals surface area contributed by atoms with Gasteiger partial charge in [-0.05, 0) is 47.9 Å². The van der Waals surface area contributed by atoms with Crippen molar-refractivity contribution in [1.29, 1.82) is 0 Å². The Hall–Kier alpha value is -2.41. The van der Waals surface area contributed by atoms with Crippen molar-refractivity contribution in [3.63, 3.8) is 0 Å². The maximum absolute atomic E-state index is 13.0. The summed E-state index contributed by atoms with van der Waals surface area (Å²) in [7, 11) is -3.57. The Balaban J connectivity index is 1.51. The van der Waals surface area contributed by atoms with Crippen LogP contribution in [0.5, 0.6) is 5.75 Å². The normalized spacial score (nSPS) is 14.9. The van der Waals surface area contributed by atoms with Crippen molar-refractivity contribution in [2.75, 3.05) is 19.7 Å². The number of halogens is 1. The molecule has 0 saturated carbocycles. The van der Waals surface area contributed by atoms with Gasteiger partial charge < -0.3 is 9.64 Å². The molecule has 1 heterocycles. The van der Waals surface area contributed by atoms with Crippen molar-refractivity contribution < 1.29 is 22.3 Å². The molecule has 1 aliphatic rings. The molecule has 2 aromatic rings. The van der Waals surface area contributed by atoms with E-state index in [9.17, 15) is 17.6 Å². The first-order valence-electron chi connectivity index (χ1n) is 8.77. The zero-order valence-electron chi connectivity index (χ0n) is 15.3. The zero-order valence-corrected chi connectivity index (χ0v) is 16.1. The molecule has 0 aliphatic carbocycles. The fraction of sp³-hybridized carbons (Fsp3) is 0.350. The van der Waals surface area contributed by atoms with Gasteiger partial charge in [-0.15, -0.1) is 0 Å². The lowest BCUT2D eigenvalue weighted by Gasteiger charge is -2.38. The standard InChI is InChI=1S/C20H22FNO4S/c1-14(2)15-3-7-17(8-4-15)26-13-20(23)22-11-19(12-22)27(24,25)18-9-5-16(21)6-10-18/h3-10,14,19H,11-13H2,1-2H3. The molecule has 0 aromatic heterocycles. The van der Waals surface area contributed by atoms with Crippen LogP contribution in [0.15, 0.2) is 53.4 Å². The minimum absolute atomic E-state index is 0.0718. The number of rotatable bonds is 6. The molecule has 0 bridgehead atoms. The zero-order chi connectivity index (χ0) is 19.6. The molecule has 0 spiro atoms. The maximum Gasteiger partial charge on any atom is 0.260 e. The van der Waals surface area contributed by atoms with E-state index >= 15 is 0 Å². The summed E-state index contributed by atoms with van der Waals surface area (Å²) in [6.45, 7) is 4.30. The third-order valence-electron chi connectivity index (χ3n) is 4.69. The van der Waals surface area contributed by atoms with Crippen LogP contribution in [0.2, 0.25) is 0 Å². The lowest BCUT2D eigenvalue weighted by atomic mass is 10.0. The van der Waals surface area contributed by atoms with Crippen molar-refractivity contribution in [3.8, 4) is 5.75 Å². The highest BCUT2D eigenvalue weighted by molar-refractivity contribution is 7.92. The van der Waals surface area contributed by atoms with E-state index in [1.54, 1.807) is 0 Å². The first kappa shape index (κ1) is 19.4. The number of likely N-dealkylation sites (tertiary alicyclic amines) is 1. The fourth-order valence-electron chi connectivity index (χ4n) is 2.84. The molecule has 7 heteroatoms. The molecule has 5 nitrogen and oxygen atoms in total. The number of nitrogens with zero attached hydrogens (tertiary/aromatic N) is 1. The summed E-state index contributed by atoms with van der Waals surface area (Å²) < 4.78 is 43.4. The molecule has 3 rings (SSSR count). The van der Waals surface area contributed by atoms with Crippen LogP contribution in [-0.4, -0.2) is 44.2 Å². The number of hydrogen-bond acceptors (Lipinski definition) is 4. The van der Waals surface area contributed by atoms with Gasteiger partial charge in [0.2, 0.25) is 0 Å². The van der Waals surface area contributed by atoms with Crippen LogP contribution in [0.3, 0.4) is 0 Å². The molecule has 2 aromatic carbocycles. The second-order valence-corrected chi connectivity index (χ2v) is 9.16. The largest absolute Gasteiger partial charge is 0.484 e. The molecule has 1 amide bonds.